The van der Waals surface area contributed by atoms with Crippen LogP contribution in [0, 0.1) is 18.6 Å². The number of aryl methyl sites for hydroxylation is 1. The molecule has 0 saturated heterocycles. The lowest BCUT2D eigenvalue weighted by Gasteiger charge is -2.22. The monoisotopic (exact) mass is 329 g/mol. The van der Waals surface area contributed by atoms with Crippen molar-refractivity contribution in [1.29, 1.82) is 0 Å². The van der Waals surface area contributed by atoms with Crippen LogP contribution in [-0.4, -0.2) is 12.1 Å². The quantitative estimate of drug-likeness (QED) is 0.836. The van der Waals surface area contributed by atoms with E-state index in [1.165, 1.54) is 6.07 Å². The van der Waals surface area contributed by atoms with Crippen LogP contribution < -0.4 is 5.32 Å². The summed E-state index contributed by atoms with van der Waals surface area (Å²) < 4.78 is 66.0. The van der Waals surface area contributed by atoms with E-state index in [9.17, 15) is 26.7 Å². The van der Waals surface area contributed by atoms with E-state index in [1.54, 1.807) is 12.2 Å². The molecule has 1 N–H and O–H groups in total. The first-order chi connectivity index (χ1) is 10.7. The molecular weight excluding hydrogens is 317 g/mol. The second-order valence-electron chi connectivity index (χ2n) is 4.98. The van der Waals surface area contributed by atoms with Gasteiger partial charge in [-0.2, -0.15) is 13.2 Å². The van der Waals surface area contributed by atoms with Gasteiger partial charge in [-0.3, -0.25) is 4.79 Å². The Labute approximate surface area is 128 Å². The Morgan fingerprint density at radius 1 is 1.04 bits per heavy atom. The summed E-state index contributed by atoms with van der Waals surface area (Å²) in [5.41, 5.74) is -0.302. The van der Waals surface area contributed by atoms with Gasteiger partial charge in [-0.05, 0) is 36.8 Å². The smallest absolute Gasteiger partial charge is 0.337 e. The van der Waals surface area contributed by atoms with E-state index in [2.05, 4.69) is 0 Å². The average molecular weight is 329 g/mol. The summed E-state index contributed by atoms with van der Waals surface area (Å²) in [6, 6.07) is 4.73. The summed E-state index contributed by atoms with van der Waals surface area (Å²) in [6.45, 7) is 1.58. The number of benzene rings is 2. The molecule has 0 heterocycles. The van der Waals surface area contributed by atoms with Crippen molar-refractivity contribution in [2.45, 2.75) is 19.1 Å². The maximum absolute atomic E-state index is 13.6. The minimum atomic E-state index is -4.81. The Morgan fingerprint density at radius 2 is 1.65 bits per heavy atom. The minimum absolute atomic E-state index is 0.347. The third kappa shape index (κ3) is 4.06. The van der Waals surface area contributed by atoms with Crippen molar-refractivity contribution in [3.8, 4) is 0 Å². The van der Waals surface area contributed by atoms with Crippen molar-refractivity contribution in [3.05, 3.63) is 70.8 Å². The average Bonchev–Trinajstić information content (AvgIpc) is 2.47. The van der Waals surface area contributed by atoms with Crippen molar-refractivity contribution in [3.63, 3.8) is 0 Å². The molecule has 2 nitrogen and oxygen atoms in total. The number of rotatable bonds is 3. The summed E-state index contributed by atoms with van der Waals surface area (Å²) in [5.74, 6) is -2.82. The molecule has 2 rings (SSSR count). The topological polar surface area (TPSA) is 29.1 Å². The van der Waals surface area contributed by atoms with Crippen molar-refractivity contribution >= 4 is 5.91 Å². The lowest BCUT2D eigenvalue weighted by Crippen LogP contribution is -2.38. The Bertz CT molecular complexity index is 709. The fourth-order valence-electron chi connectivity index (χ4n) is 2.03. The molecule has 0 saturated carbocycles. The van der Waals surface area contributed by atoms with Crippen LogP contribution in [0.3, 0.4) is 0 Å². The van der Waals surface area contributed by atoms with Crippen LogP contribution in [0.1, 0.15) is 27.5 Å². The van der Waals surface area contributed by atoms with E-state index in [-0.39, 0.29) is 5.56 Å². The first-order valence-corrected chi connectivity index (χ1v) is 6.57. The van der Waals surface area contributed by atoms with Gasteiger partial charge in [-0.25, -0.2) is 8.78 Å². The second-order valence-corrected chi connectivity index (χ2v) is 4.98. The number of hydrogen-bond donors (Lipinski definition) is 1. The maximum Gasteiger partial charge on any atom is 0.412 e. The van der Waals surface area contributed by atoms with Gasteiger partial charge < -0.3 is 5.32 Å². The number of carbonyl (C=O) groups is 1. The first kappa shape index (κ1) is 16.9. The Kier molecular flexibility index (Phi) is 4.68. The molecule has 0 aromatic heterocycles. The van der Waals surface area contributed by atoms with Crippen molar-refractivity contribution in [2.75, 3.05) is 0 Å². The van der Waals surface area contributed by atoms with Crippen LogP contribution in [-0.2, 0) is 0 Å². The molecule has 2 aromatic carbocycles. The van der Waals surface area contributed by atoms with Crippen molar-refractivity contribution in [2.24, 2.45) is 0 Å². The second kappa shape index (κ2) is 6.36. The number of nitrogens with one attached hydrogen (secondary N) is 1. The number of hydrogen-bond acceptors (Lipinski definition) is 1. The third-order valence-electron chi connectivity index (χ3n) is 3.17. The molecule has 0 radical (unpaired) electrons. The molecule has 0 aliphatic heterocycles. The highest BCUT2D eigenvalue weighted by molar-refractivity contribution is 5.95. The molecule has 1 unspecified atom stereocenters. The summed E-state index contributed by atoms with van der Waals surface area (Å²) in [7, 11) is 0. The maximum atomic E-state index is 13.6. The molecule has 0 aliphatic carbocycles. The molecule has 2 aromatic rings. The van der Waals surface area contributed by atoms with E-state index in [0.717, 1.165) is 36.4 Å². The van der Waals surface area contributed by atoms with Crippen LogP contribution in [0.15, 0.2) is 42.5 Å². The first-order valence-electron chi connectivity index (χ1n) is 6.57. The summed E-state index contributed by atoms with van der Waals surface area (Å²) in [4.78, 5) is 12.0. The normalized spacial score (nSPS) is 12.8. The van der Waals surface area contributed by atoms with Gasteiger partial charge in [0.1, 0.15) is 11.6 Å². The van der Waals surface area contributed by atoms with Crippen molar-refractivity contribution in [1.82, 2.24) is 5.32 Å². The van der Waals surface area contributed by atoms with Gasteiger partial charge in [0.15, 0.2) is 6.04 Å². The van der Waals surface area contributed by atoms with E-state index >= 15 is 0 Å². The molecule has 0 spiro atoms. The van der Waals surface area contributed by atoms with Gasteiger partial charge in [0.2, 0.25) is 0 Å². The van der Waals surface area contributed by atoms with Crippen LogP contribution in [0.4, 0.5) is 22.0 Å². The summed E-state index contributed by atoms with van der Waals surface area (Å²) >= 11 is 0. The Hall–Kier alpha value is -2.44. The van der Waals surface area contributed by atoms with Gasteiger partial charge in [-0.15, -0.1) is 0 Å². The predicted octanol–water partition coefficient (Wildman–Crippen LogP) is 4.31. The lowest BCUT2D eigenvalue weighted by molar-refractivity contribution is -0.155. The Morgan fingerprint density at radius 3 is 2.22 bits per heavy atom. The van der Waals surface area contributed by atoms with E-state index in [4.69, 9.17) is 0 Å². The summed E-state index contributed by atoms with van der Waals surface area (Å²) in [5, 5.41) is 1.75. The third-order valence-corrected chi connectivity index (χ3v) is 3.17. The zero-order chi connectivity index (χ0) is 17.2. The molecular formula is C16H12F5NO. The predicted molar refractivity (Wildman–Crippen MR) is 73.8 cm³/mol. The summed E-state index contributed by atoms with van der Waals surface area (Å²) in [6.07, 6.45) is -4.81. The molecule has 1 atom stereocenters. The van der Waals surface area contributed by atoms with Crippen molar-refractivity contribution < 1.29 is 26.7 Å². The van der Waals surface area contributed by atoms with Gasteiger partial charge >= 0.3 is 6.18 Å². The highest BCUT2D eigenvalue weighted by atomic mass is 19.4. The van der Waals surface area contributed by atoms with E-state index < -0.39 is 35.3 Å². The highest BCUT2D eigenvalue weighted by Crippen LogP contribution is 2.33. The van der Waals surface area contributed by atoms with Gasteiger partial charge in [0.25, 0.3) is 5.91 Å². The zero-order valence-corrected chi connectivity index (χ0v) is 11.9. The SMILES string of the molecule is Cc1ccc(F)c(C(=O)NC(c2ccc(F)cc2)C(F)(F)F)c1. The highest BCUT2D eigenvalue weighted by Gasteiger charge is 2.42. The molecule has 1 amide bonds. The molecule has 7 heteroatoms. The molecule has 122 valence electrons. The molecule has 23 heavy (non-hydrogen) atoms. The number of carbonyl (C=O) groups excluding carboxylic acids is 1. The fourth-order valence-corrected chi connectivity index (χ4v) is 2.03. The van der Waals surface area contributed by atoms with E-state index in [1.807, 2.05) is 0 Å². The molecule has 0 fully saturated rings. The fraction of sp³-hybridized carbons (Fsp3) is 0.188. The van der Waals surface area contributed by atoms with Gasteiger partial charge in [-0.1, -0.05) is 23.8 Å². The number of alkyl halides is 3. The molecule has 0 aliphatic rings. The zero-order valence-electron chi connectivity index (χ0n) is 11.9. The van der Waals surface area contributed by atoms with Gasteiger partial charge in [0, 0.05) is 0 Å². The van der Waals surface area contributed by atoms with Crippen LogP contribution >= 0.6 is 0 Å². The lowest BCUT2D eigenvalue weighted by atomic mass is 10.0. The number of halogens is 5. The molecule has 0 bridgehead atoms. The Balaban J connectivity index is 2.33. The largest absolute Gasteiger partial charge is 0.412 e. The van der Waals surface area contributed by atoms with Gasteiger partial charge in [0.05, 0.1) is 5.56 Å². The minimum Gasteiger partial charge on any atom is -0.337 e. The van der Waals surface area contributed by atoms with Crippen LogP contribution in [0.5, 0.6) is 0 Å². The number of amides is 1. The van der Waals surface area contributed by atoms with Crippen LogP contribution in [0.2, 0.25) is 0 Å². The van der Waals surface area contributed by atoms with Crippen LogP contribution in [0.25, 0.3) is 0 Å². The standard InChI is InChI=1S/C16H12F5NO/c1-9-2-7-13(18)12(8-9)15(23)22-14(16(19,20)21)10-3-5-11(17)6-4-10/h2-8,14H,1H3,(H,22,23). The van der Waals surface area contributed by atoms with E-state index in [0.29, 0.717) is 5.56 Å².